The molecular weight excluding hydrogens is 325 g/mol. The quantitative estimate of drug-likeness (QED) is 0.658. The van der Waals surface area contributed by atoms with E-state index >= 15 is 0 Å². The number of halogens is 1. The molecule has 3 N–H and O–H groups in total. The molecule has 1 aliphatic heterocycles. The zero-order valence-corrected chi connectivity index (χ0v) is 13.9. The second-order valence-electron chi connectivity index (χ2n) is 5.49. The summed E-state index contributed by atoms with van der Waals surface area (Å²) in [7, 11) is 1.53. The minimum absolute atomic E-state index is 0.199. The summed E-state index contributed by atoms with van der Waals surface area (Å²) < 4.78 is 29.8. The maximum absolute atomic E-state index is 13.4. The summed E-state index contributed by atoms with van der Waals surface area (Å²) in [5.41, 5.74) is 7.27. The third kappa shape index (κ3) is 4.32. The van der Waals surface area contributed by atoms with Crippen LogP contribution < -0.4 is 25.3 Å². The van der Waals surface area contributed by atoms with Gasteiger partial charge in [-0.15, -0.1) is 0 Å². The van der Waals surface area contributed by atoms with Crippen LogP contribution in [0.4, 0.5) is 10.1 Å². The zero-order valence-electron chi connectivity index (χ0n) is 13.9. The first-order valence-electron chi connectivity index (χ1n) is 7.95. The van der Waals surface area contributed by atoms with Crippen LogP contribution in [0.15, 0.2) is 41.4 Å². The van der Waals surface area contributed by atoms with E-state index in [0.717, 1.165) is 12.1 Å². The highest BCUT2D eigenvalue weighted by atomic mass is 19.1. The molecule has 0 spiro atoms. The van der Waals surface area contributed by atoms with E-state index < -0.39 is 0 Å². The van der Waals surface area contributed by atoms with Gasteiger partial charge < -0.3 is 25.3 Å². The lowest BCUT2D eigenvalue weighted by Crippen LogP contribution is -2.22. The smallest absolute Gasteiger partial charge is 0.193 e. The highest BCUT2D eigenvalue weighted by Gasteiger charge is 2.11. The van der Waals surface area contributed by atoms with Gasteiger partial charge in [0, 0.05) is 23.7 Å². The van der Waals surface area contributed by atoms with Crippen molar-refractivity contribution in [2.45, 2.75) is 13.0 Å². The van der Waals surface area contributed by atoms with E-state index in [0.29, 0.717) is 36.0 Å². The number of methoxy groups -OCH3 is 1. The van der Waals surface area contributed by atoms with E-state index in [1.54, 1.807) is 6.07 Å². The Balaban J connectivity index is 1.70. The average Bonchev–Trinajstić information content (AvgIpc) is 2.85. The van der Waals surface area contributed by atoms with E-state index in [4.69, 9.17) is 19.9 Å². The number of benzene rings is 2. The van der Waals surface area contributed by atoms with E-state index in [1.165, 1.54) is 19.2 Å². The summed E-state index contributed by atoms with van der Waals surface area (Å²) in [6.45, 7) is 1.45. The SMILES string of the molecule is COc1ccc(F)cc1CN=C(N)Nc1ccc2c(c1)OCCCO2. The van der Waals surface area contributed by atoms with Gasteiger partial charge in [0.15, 0.2) is 17.5 Å². The number of nitrogens with two attached hydrogens (primary N) is 1. The standard InChI is InChI=1S/C18H20FN3O3/c1-23-15-5-3-13(19)9-12(15)11-21-18(20)22-14-4-6-16-17(10-14)25-8-2-7-24-16/h3-6,9-10H,2,7-8,11H2,1H3,(H3,20,21,22). The summed E-state index contributed by atoms with van der Waals surface area (Å²) in [6.07, 6.45) is 0.844. The molecule has 0 radical (unpaired) electrons. The van der Waals surface area contributed by atoms with Crippen molar-refractivity contribution >= 4 is 11.6 Å². The van der Waals surface area contributed by atoms with Crippen molar-refractivity contribution in [2.24, 2.45) is 10.7 Å². The van der Waals surface area contributed by atoms with Crippen molar-refractivity contribution in [2.75, 3.05) is 25.6 Å². The number of hydrogen-bond acceptors (Lipinski definition) is 4. The second kappa shape index (κ2) is 7.74. The van der Waals surface area contributed by atoms with Gasteiger partial charge in [-0.25, -0.2) is 9.38 Å². The fourth-order valence-electron chi connectivity index (χ4n) is 2.47. The number of fused-ring (bicyclic) bond motifs is 1. The molecule has 7 heteroatoms. The van der Waals surface area contributed by atoms with E-state index in [1.807, 2.05) is 18.2 Å². The Hall–Kier alpha value is -2.96. The molecule has 0 atom stereocenters. The highest BCUT2D eigenvalue weighted by Crippen LogP contribution is 2.32. The number of aliphatic imine (C=N–C) groups is 1. The largest absolute Gasteiger partial charge is 0.496 e. The summed E-state index contributed by atoms with van der Waals surface area (Å²) in [5.74, 6) is 1.81. The molecule has 1 aliphatic rings. The van der Waals surface area contributed by atoms with E-state index in [-0.39, 0.29) is 18.3 Å². The maximum atomic E-state index is 13.4. The molecule has 25 heavy (non-hydrogen) atoms. The van der Waals surface area contributed by atoms with Crippen molar-refractivity contribution in [3.8, 4) is 17.2 Å². The van der Waals surface area contributed by atoms with Crippen LogP contribution in [-0.4, -0.2) is 26.3 Å². The molecule has 0 aromatic heterocycles. The lowest BCUT2D eigenvalue weighted by atomic mass is 10.2. The van der Waals surface area contributed by atoms with E-state index in [9.17, 15) is 4.39 Å². The molecule has 0 saturated carbocycles. The Morgan fingerprint density at radius 3 is 2.80 bits per heavy atom. The lowest BCUT2D eigenvalue weighted by molar-refractivity contribution is 0.297. The monoisotopic (exact) mass is 345 g/mol. The first-order valence-corrected chi connectivity index (χ1v) is 7.95. The summed E-state index contributed by atoms with van der Waals surface area (Å²) in [4.78, 5) is 4.23. The van der Waals surface area contributed by atoms with Gasteiger partial charge in [0.1, 0.15) is 11.6 Å². The summed E-state index contributed by atoms with van der Waals surface area (Å²) in [6, 6.07) is 9.75. The third-order valence-corrected chi connectivity index (χ3v) is 3.68. The fraction of sp³-hybridized carbons (Fsp3) is 0.278. The predicted molar refractivity (Wildman–Crippen MR) is 94.0 cm³/mol. The van der Waals surface area contributed by atoms with Crippen LogP contribution in [0.3, 0.4) is 0 Å². The number of guanidine groups is 1. The number of nitrogens with one attached hydrogen (secondary N) is 1. The molecule has 1 heterocycles. The molecular formula is C18H20FN3O3. The van der Waals surface area contributed by atoms with Crippen molar-refractivity contribution in [3.05, 3.63) is 47.8 Å². The molecule has 6 nitrogen and oxygen atoms in total. The Labute approximate surface area is 145 Å². The molecule has 0 bridgehead atoms. The van der Waals surface area contributed by atoms with Crippen molar-refractivity contribution < 1.29 is 18.6 Å². The van der Waals surface area contributed by atoms with Crippen LogP contribution >= 0.6 is 0 Å². The number of anilines is 1. The van der Waals surface area contributed by atoms with Gasteiger partial charge in [-0.2, -0.15) is 0 Å². The molecule has 0 aliphatic carbocycles. The predicted octanol–water partition coefficient (Wildman–Crippen LogP) is 2.92. The van der Waals surface area contributed by atoms with Crippen LogP contribution in [0.25, 0.3) is 0 Å². The van der Waals surface area contributed by atoms with Crippen LogP contribution in [0.2, 0.25) is 0 Å². The van der Waals surface area contributed by atoms with Crippen LogP contribution in [0.5, 0.6) is 17.2 Å². The first kappa shape index (κ1) is 16.9. The fourth-order valence-corrected chi connectivity index (χ4v) is 2.47. The van der Waals surface area contributed by atoms with Gasteiger partial charge in [-0.1, -0.05) is 0 Å². The number of ether oxygens (including phenoxy) is 3. The molecule has 3 rings (SSSR count). The van der Waals surface area contributed by atoms with Crippen molar-refractivity contribution in [1.82, 2.24) is 0 Å². The molecule has 2 aromatic rings. The molecule has 2 aromatic carbocycles. The maximum Gasteiger partial charge on any atom is 0.193 e. The average molecular weight is 345 g/mol. The Bertz CT molecular complexity index is 780. The van der Waals surface area contributed by atoms with Crippen molar-refractivity contribution in [3.63, 3.8) is 0 Å². The van der Waals surface area contributed by atoms with Crippen LogP contribution in [0, 0.1) is 5.82 Å². The second-order valence-corrected chi connectivity index (χ2v) is 5.49. The third-order valence-electron chi connectivity index (χ3n) is 3.68. The minimum Gasteiger partial charge on any atom is -0.496 e. The van der Waals surface area contributed by atoms with E-state index in [2.05, 4.69) is 10.3 Å². The lowest BCUT2D eigenvalue weighted by Gasteiger charge is -2.11. The molecule has 0 fully saturated rings. The van der Waals surface area contributed by atoms with Gasteiger partial charge in [0.2, 0.25) is 0 Å². The normalized spacial score (nSPS) is 13.9. The number of nitrogens with zero attached hydrogens (tertiary/aromatic N) is 1. The topological polar surface area (TPSA) is 78.1 Å². The summed E-state index contributed by atoms with van der Waals surface area (Å²) in [5, 5.41) is 2.99. The highest BCUT2D eigenvalue weighted by molar-refractivity contribution is 5.92. The molecule has 132 valence electrons. The number of rotatable bonds is 4. The van der Waals surface area contributed by atoms with Crippen molar-refractivity contribution in [1.29, 1.82) is 0 Å². The summed E-state index contributed by atoms with van der Waals surface area (Å²) >= 11 is 0. The van der Waals surface area contributed by atoms with Gasteiger partial charge in [-0.05, 0) is 30.3 Å². The molecule has 0 unspecified atom stereocenters. The molecule has 0 amide bonds. The van der Waals surface area contributed by atoms with Gasteiger partial charge in [0.25, 0.3) is 0 Å². The first-order chi connectivity index (χ1) is 12.2. The van der Waals surface area contributed by atoms with Crippen LogP contribution in [0.1, 0.15) is 12.0 Å². The van der Waals surface area contributed by atoms with Gasteiger partial charge in [-0.3, -0.25) is 0 Å². The van der Waals surface area contributed by atoms with Gasteiger partial charge >= 0.3 is 0 Å². The molecule has 0 saturated heterocycles. The Kier molecular flexibility index (Phi) is 5.23. The van der Waals surface area contributed by atoms with Crippen LogP contribution in [-0.2, 0) is 6.54 Å². The minimum atomic E-state index is -0.347. The zero-order chi connectivity index (χ0) is 17.6. The van der Waals surface area contributed by atoms with Gasteiger partial charge in [0.05, 0.1) is 26.9 Å². The number of hydrogen-bond donors (Lipinski definition) is 2. The Morgan fingerprint density at radius 1 is 1.20 bits per heavy atom. The Morgan fingerprint density at radius 2 is 2.00 bits per heavy atom.